The smallest absolute Gasteiger partial charge is 0.163 e. The van der Waals surface area contributed by atoms with Gasteiger partial charge in [-0.3, -0.25) is 4.79 Å². The zero-order valence-corrected chi connectivity index (χ0v) is 10.8. The third-order valence-corrected chi connectivity index (χ3v) is 3.76. The van der Waals surface area contributed by atoms with Gasteiger partial charge in [0.2, 0.25) is 0 Å². The molecule has 3 rings (SSSR count). The molecule has 0 heterocycles. The van der Waals surface area contributed by atoms with Crippen LogP contribution in [-0.2, 0) is 6.42 Å². The fraction of sp³-hybridized carbons (Fsp3) is 0.133. The number of carbonyl (C=O) groups excluding carboxylic acids is 1. The summed E-state index contributed by atoms with van der Waals surface area (Å²) in [6.07, 6.45) is 1.53. The predicted octanol–water partition coefficient (Wildman–Crippen LogP) is 4.25. The largest absolute Gasteiger partial charge is 0.294 e. The molecule has 0 radical (unpaired) electrons. The molecule has 0 unspecified atom stereocenters. The van der Waals surface area contributed by atoms with Crippen LogP contribution in [-0.4, -0.2) is 5.78 Å². The molecule has 84 valence electrons. The third kappa shape index (κ3) is 1.83. The summed E-state index contributed by atoms with van der Waals surface area (Å²) in [5.41, 5.74) is 4.49. The van der Waals surface area contributed by atoms with Crippen molar-refractivity contribution in [3.63, 3.8) is 0 Å². The molecule has 0 aromatic heterocycles. The molecule has 0 saturated heterocycles. The number of carbonyl (C=O) groups is 1. The van der Waals surface area contributed by atoms with E-state index in [1.165, 1.54) is 16.7 Å². The summed E-state index contributed by atoms with van der Waals surface area (Å²) < 4.78 is 1.07. The van der Waals surface area contributed by atoms with Gasteiger partial charge in [0.25, 0.3) is 0 Å². The number of Topliss-reactive ketones (excluding diaryl/α,β-unsaturated/α-hetero) is 1. The van der Waals surface area contributed by atoms with Crippen molar-refractivity contribution in [2.75, 3.05) is 0 Å². The quantitative estimate of drug-likeness (QED) is 0.766. The Balaban J connectivity index is 2.16. The monoisotopic (exact) mass is 286 g/mol. The first kappa shape index (κ1) is 10.7. The highest BCUT2D eigenvalue weighted by atomic mass is 79.9. The van der Waals surface area contributed by atoms with Gasteiger partial charge in [-0.2, -0.15) is 0 Å². The Morgan fingerprint density at radius 3 is 2.35 bits per heavy atom. The summed E-state index contributed by atoms with van der Waals surface area (Å²) in [6, 6.07) is 14.2. The van der Waals surface area contributed by atoms with Gasteiger partial charge in [0.05, 0.1) is 0 Å². The van der Waals surface area contributed by atoms with Crippen molar-refractivity contribution in [2.45, 2.75) is 12.8 Å². The summed E-state index contributed by atoms with van der Waals surface area (Å²) in [6.45, 7) is 0. The molecule has 0 N–H and O–H groups in total. The molecular formula is C15H11BrO. The van der Waals surface area contributed by atoms with Gasteiger partial charge in [0, 0.05) is 16.5 Å². The van der Waals surface area contributed by atoms with E-state index in [4.69, 9.17) is 0 Å². The van der Waals surface area contributed by atoms with Crippen LogP contribution in [0.2, 0.25) is 0 Å². The molecular weight excluding hydrogens is 276 g/mol. The summed E-state index contributed by atoms with van der Waals surface area (Å²) in [5.74, 6) is 0.277. The lowest BCUT2D eigenvalue weighted by molar-refractivity contribution is 0.0994. The van der Waals surface area contributed by atoms with Crippen LogP contribution < -0.4 is 0 Å². The Kier molecular flexibility index (Phi) is 2.60. The van der Waals surface area contributed by atoms with E-state index in [0.717, 1.165) is 16.5 Å². The number of hydrogen-bond acceptors (Lipinski definition) is 1. The Morgan fingerprint density at radius 2 is 1.59 bits per heavy atom. The van der Waals surface area contributed by atoms with Crippen LogP contribution in [0.3, 0.4) is 0 Å². The van der Waals surface area contributed by atoms with E-state index in [1.54, 1.807) is 0 Å². The Hall–Kier alpha value is -1.41. The first-order valence-corrected chi connectivity index (χ1v) is 6.46. The van der Waals surface area contributed by atoms with Gasteiger partial charge in [0.15, 0.2) is 5.78 Å². The number of rotatable bonds is 1. The molecule has 2 aromatic carbocycles. The van der Waals surface area contributed by atoms with Crippen molar-refractivity contribution in [2.24, 2.45) is 0 Å². The van der Waals surface area contributed by atoms with Crippen LogP contribution in [0.5, 0.6) is 0 Å². The Labute approximate surface area is 109 Å². The van der Waals surface area contributed by atoms with E-state index < -0.39 is 0 Å². The second-order valence-electron chi connectivity index (χ2n) is 4.26. The Bertz CT molecular complexity index is 584. The molecule has 0 aliphatic heterocycles. The average Bonchev–Trinajstić information content (AvgIpc) is 2.73. The molecule has 0 atom stereocenters. The van der Waals surface area contributed by atoms with E-state index in [-0.39, 0.29) is 5.78 Å². The van der Waals surface area contributed by atoms with Crippen molar-refractivity contribution in [1.29, 1.82) is 0 Å². The number of hydrogen-bond donors (Lipinski definition) is 0. The average molecular weight is 287 g/mol. The summed E-state index contributed by atoms with van der Waals surface area (Å²) in [7, 11) is 0. The molecule has 1 nitrogen and oxygen atoms in total. The maximum atomic E-state index is 11.7. The van der Waals surface area contributed by atoms with Crippen LogP contribution in [0.1, 0.15) is 22.3 Å². The van der Waals surface area contributed by atoms with E-state index in [2.05, 4.69) is 34.1 Å². The minimum atomic E-state index is 0.277. The first-order chi connectivity index (χ1) is 8.25. The highest BCUT2D eigenvalue weighted by molar-refractivity contribution is 9.10. The van der Waals surface area contributed by atoms with Gasteiger partial charge in [-0.15, -0.1) is 0 Å². The topological polar surface area (TPSA) is 17.1 Å². The molecule has 1 aliphatic carbocycles. The maximum Gasteiger partial charge on any atom is 0.163 e. The van der Waals surface area contributed by atoms with Crippen molar-refractivity contribution in [3.05, 3.63) is 58.1 Å². The third-order valence-electron chi connectivity index (χ3n) is 3.23. The van der Waals surface area contributed by atoms with Crippen molar-refractivity contribution < 1.29 is 4.79 Å². The fourth-order valence-corrected chi connectivity index (χ4v) is 2.65. The van der Waals surface area contributed by atoms with Crippen LogP contribution in [0.15, 0.2) is 46.9 Å². The molecule has 2 aromatic rings. The summed E-state index contributed by atoms with van der Waals surface area (Å²) >= 11 is 3.44. The van der Waals surface area contributed by atoms with E-state index in [9.17, 15) is 4.79 Å². The van der Waals surface area contributed by atoms with Gasteiger partial charge in [-0.05, 0) is 35.2 Å². The van der Waals surface area contributed by atoms with Gasteiger partial charge in [-0.25, -0.2) is 0 Å². The first-order valence-electron chi connectivity index (χ1n) is 5.67. The summed E-state index contributed by atoms with van der Waals surface area (Å²) in [5, 5.41) is 0. The Morgan fingerprint density at radius 1 is 0.882 bits per heavy atom. The number of ketones is 1. The van der Waals surface area contributed by atoms with Crippen LogP contribution in [0.25, 0.3) is 11.1 Å². The molecule has 0 spiro atoms. The summed E-state index contributed by atoms with van der Waals surface area (Å²) in [4.78, 5) is 11.7. The van der Waals surface area contributed by atoms with Gasteiger partial charge >= 0.3 is 0 Å². The van der Waals surface area contributed by atoms with Crippen molar-refractivity contribution in [3.8, 4) is 11.1 Å². The highest BCUT2D eigenvalue weighted by Crippen LogP contribution is 2.32. The lowest BCUT2D eigenvalue weighted by atomic mass is 9.97. The zero-order chi connectivity index (χ0) is 11.8. The number of halogens is 1. The molecule has 1 aliphatic rings. The van der Waals surface area contributed by atoms with Crippen LogP contribution >= 0.6 is 15.9 Å². The molecule has 0 amide bonds. The molecule has 17 heavy (non-hydrogen) atoms. The van der Waals surface area contributed by atoms with Crippen molar-refractivity contribution in [1.82, 2.24) is 0 Å². The molecule has 0 bridgehead atoms. The fourth-order valence-electron chi connectivity index (χ4n) is 2.39. The second kappa shape index (κ2) is 4.11. The molecule has 2 heteroatoms. The number of benzene rings is 2. The minimum Gasteiger partial charge on any atom is -0.294 e. The van der Waals surface area contributed by atoms with E-state index in [0.29, 0.717) is 6.42 Å². The predicted molar refractivity (Wildman–Crippen MR) is 72.2 cm³/mol. The number of fused-ring (bicyclic) bond motifs is 1. The van der Waals surface area contributed by atoms with Crippen LogP contribution in [0.4, 0.5) is 0 Å². The SMILES string of the molecule is O=C1CCc2c1cccc2-c1ccc(Br)cc1. The maximum absolute atomic E-state index is 11.7. The lowest BCUT2D eigenvalue weighted by Crippen LogP contribution is -1.92. The standard InChI is InChI=1S/C15H11BrO/c16-11-6-4-10(5-7-11)12-2-1-3-14-13(12)8-9-15(14)17/h1-7H,8-9H2. The van der Waals surface area contributed by atoms with Crippen molar-refractivity contribution >= 4 is 21.7 Å². The molecule has 0 fully saturated rings. The second-order valence-corrected chi connectivity index (χ2v) is 5.18. The van der Waals surface area contributed by atoms with Gasteiger partial charge in [-0.1, -0.05) is 46.3 Å². The van der Waals surface area contributed by atoms with E-state index in [1.807, 2.05) is 24.3 Å². The minimum absolute atomic E-state index is 0.277. The van der Waals surface area contributed by atoms with Crippen LogP contribution in [0, 0.1) is 0 Å². The van der Waals surface area contributed by atoms with E-state index >= 15 is 0 Å². The van der Waals surface area contributed by atoms with Gasteiger partial charge in [0.1, 0.15) is 0 Å². The molecule has 0 saturated carbocycles. The van der Waals surface area contributed by atoms with Gasteiger partial charge < -0.3 is 0 Å². The lowest BCUT2D eigenvalue weighted by Gasteiger charge is -2.07. The zero-order valence-electron chi connectivity index (χ0n) is 9.24. The normalized spacial score (nSPS) is 13.8. The highest BCUT2D eigenvalue weighted by Gasteiger charge is 2.21.